The number of halogens is 2. The van der Waals surface area contributed by atoms with Crippen LogP contribution in [0.2, 0.25) is 0 Å². The molecule has 1 aliphatic heterocycles. The molecule has 1 aromatic carbocycles. The fourth-order valence-corrected chi connectivity index (χ4v) is 4.77. The topological polar surface area (TPSA) is 88.7 Å². The van der Waals surface area contributed by atoms with Crippen LogP contribution < -0.4 is 16.6 Å². The molecule has 0 saturated heterocycles. The summed E-state index contributed by atoms with van der Waals surface area (Å²) in [5.74, 6) is 5.33. The number of fused-ring (bicyclic) bond motifs is 1. The highest BCUT2D eigenvalue weighted by Gasteiger charge is 2.52. The molecule has 3 atom stereocenters. The molecule has 1 heterocycles. The maximum Gasteiger partial charge on any atom is 0.413 e. The number of alkyl halides is 1. The number of carbonyl (C=O) groups is 1. The van der Waals surface area contributed by atoms with E-state index in [0.717, 1.165) is 0 Å². The van der Waals surface area contributed by atoms with Crippen LogP contribution in [0.1, 0.15) is 39.2 Å². The van der Waals surface area contributed by atoms with E-state index in [4.69, 9.17) is 10.6 Å². The Morgan fingerprint density at radius 2 is 2.19 bits per heavy atom. The summed E-state index contributed by atoms with van der Waals surface area (Å²) in [6.45, 7) is 5.27. The first kappa shape index (κ1) is 19.9. The standard InChI is InChI=1S/C18H24F2N4O2S/c1-17(2,3)26-16(25)22-15-23-18(8-11(19)6-10(18)9-27-15)13-7-12(24-21)4-5-14(13)20/h4-5,7,10-11,24H,6,8-9,21H2,1-3H3,(H,22,23,25)/t10-,11+,18-/m0/s1. The first-order valence-electron chi connectivity index (χ1n) is 8.76. The van der Waals surface area contributed by atoms with E-state index in [1.807, 2.05) is 0 Å². The lowest BCUT2D eigenvalue weighted by molar-refractivity contribution is 0.0564. The summed E-state index contributed by atoms with van der Waals surface area (Å²) in [7, 11) is 0. The summed E-state index contributed by atoms with van der Waals surface area (Å²) in [4.78, 5) is 16.7. The summed E-state index contributed by atoms with van der Waals surface area (Å²) >= 11 is 1.31. The maximum atomic E-state index is 14.7. The van der Waals surface area contributed by atoms with Crippen LogP contribution in [-0.2, 0) is 10.3 Å². The van der Waals surface area contributed by atoms with E-state index in [1.165, 1.54) is 23.9 Å². The highest BCUT2D eigenvalue weighted by Crippen LogP contribution is 2.52. The van der Waals surface area contributed by atoms with Crippen LogP contribution in [0.25, 0.3) is 0 Å². The van der Waals surface area contributed by atoms with Crippen molar-refractivity contribution in [3.8, 4) is 0 Å². The number of hydrazine groups is 1. The largest absolute Gasteiger partial charge is 0.444 e. The van der Waals surface area contributed by atoms with E-state index < -0.39 is 29.2 Å². The molecule has 0 bridgehead atoms. The normalized spacial score (nSPS) is 27.6. The number of amides is 1. The van der Waals surface area contributed by atoms with Gasteiger partial charge in [-0.3, -0.25) is 16.2 Å². The number of carbonyl (C=O) groups excluding carboxylic acids is 1. The van der Waals surface area contributed by atoms with Gasteiger partial charge in [0.25, 0.3) is 0 Å². The number of anilines is 1. The number of rotatable bonds is 2. The zero-order chi connectivity index (χ0) is 19.8. The third-order valence-electron chi connectivity index (χ3n) is 4.68. The number of nitrogens with zero attached hydrogens (tertiary/aromatic N) is 1. The van der Waals surface area contributed by atoms with Crippen molar-refractivity contribution < 1.29 is 18.3 Å². The fourth-order valence-electron chi connectivity index (χ4n) is 3.62. The minimum atomic E-state index is -1.09. The van der Waals surface area contributed by atoms with Gasteiger partial charge in [-0.1, -0.05) is 11.8 Å². The lowest BCUT2D eigenvalue weighted by Crippen LogP contribution is -2.42. The summed E-state index contributed by atoms with van der Waals surface area (Å²) < 4.78 is 34.3. The highest BCUT2D eigenvalue weighted by atomic mass is 32.2. The number of alkyl carbamates (subject to hydrolysis) is 1. The molecule has 1 aliphatic carbocycles. The molecule has 0 radical (unpaired) electrons. The third kappa shape index (κ3) is 4.19. The van der Waals surface area contributed by atoms with Crippen LogP contribution >= 0.6 is 11.8 Å². The van der Waals surface area contributed by atoms with Crippen LogP contribution in [-0.4, -0.2) is 28.8 Å². The SMILES string of the molecule is CC(C)(C)OC(=O)NC1=N[C@@]2(c3cc(NN)ccc3F)C[C@H](F)C[C@H]2CS1. The third-order valence-corrected chi connectivity index (χ3v) is 5.71. The van der Waals surface area contributed by atoms with Crippen LogP contribution in [0.4, 0.5) is 19.3 Å². The van der Waals surface area contributed by atoms with Gasteiger partial charge in [0, 0.05) is 29.3 Å². The molecule has 27 heavy (non-hydrogen) atoms. The van der Waals surface area contributed by atoms with Gasteiger partial charge in [0.15, 0.2) is 5.17 Å². The first-order valence-corrected chi connectivity index (χ1v) is 9.75. The second-order valence-corrected chi connectivity index (χ2v) is 8.86. The molecule has 1 saturated carbocycles. The summed E-state index contributed by atoms with van der Waals surface area (Å²) in [6, 6.07) is 4.36. The molecule has 1 fully saturated rings. The number of ether oxygens (including phenoxy) is 1. The van der Waals surface area contributed by atoms with Crippen LogP contribution in [0.3, 0.4) is 0 Å². The number of hydrogen-bond donors (Lipinski definition) is 3. The Balaban J connectivity index is 1.97. The first-order chi connectivity index (χ1) is 12.6. The highest BCUT2D eigenvalue weighted by molar-refractivity contribution is 8.13. The second-order valence-electron chi connectivity index (χ2n) is 7.85. The van der Waals surface area contributed by atoms with Gasteiger partial charge in [0.05, 0.1) is 5.54 Å². The number of nitrogens with two attached hydrogens (primary N) is 1. The fraction of sp³-hybridized carbons (Fsp3) is 0.556. The molecular formula is C18H24F2N4O2S. The summed E-state index contributed by atoms with van der Waals surface area (Å²) in [5, 5.41) is 2.92. The Bertz CT molecular complexity index is 768. The smallest absolute Gasteiger partial charge is 0.413 e. The van der Waals surface area contributed by atoms with Crippen molar-refractivity contribution in [2.75, 3.05) is 11.2 Å². The van der Waals surface area contributed by atoms with Crippen molar-refractivity contribution >= 4 is 28.7 Å². The van der Waals surface area contributed by atoms with Gasteiger partial charge in [-0.15, -0.1) is 0 Å². The lowest BCUT2D eigenvalue weighted by atomic mass is 9.81. The van der Waals surface area contributed by atoms with Gasteiger partial charge < -0.3 is 10.2 Å². The predicted molar refractivity (Wildman–Crippen MR) is 103 cm³/mol. The van der Waals surface area contributed by atoms with Crippen molar-refractivity contribution in [1.29, 1.82) is 0 Å². The molecule has 2 aliphatic rings. The molecule has 0 spiro atoms. The number of benzene rings is 1. The Kier molecular flexibility index (Phi) is 5.36. The van der Waals surface area contributed by atoms with Gasteiger partial charge in [0.2, 0.25) is 0 Å². The Morgan fingerprint density at radius 1 is 1.44 bits per heavy atom. The predicted octanol–water partition coefficient (Wildman–Crippen LogP) is 3.68. The van der Waals surface area contributed by atoms with Gasteiger partial charge in [-0.2, -0.15) is 0 Å². The molecular weight excluding hydrogens is 374 g/mol. The number of nitrogen functional groups attached to an aromatic ring is 1. The van der Waals surface area contributed by atoms with Gasteiger partial charge in [0.1, 0.15) is 17.6 Å². The Morgan fingerprint density at radius 3 is 2.85 bits per heavy atom. The molecule has 1 amide bonds. The van der Waals surface area contributed by atoms with E-state index in [0.29, 0.717) is 23.0 Å². The molecule has 148 valence electrons. The Hall–Kier alpha value is -1.87. The average Bonchev–Trinajstić information content (AvgIpc) is 2.89. The summed E-state index contributed by atoms with van der Waals surface area (Å²) in [5.41, 5.74) is 1.55. The van der Waals surface area contributed by atoms with E-state index in [9.17, 15) is 13.6 Å². The van der Waals surface area contributed by atoms with Gasteiger partial charge in [-0.05, 0) is 45.4 Å². The van der Waals surface area contributed by atoms with Crippen molar-refractivity contribution in [3.63, 3.8) is 0 Å². The van der Waals surface area contributed by atoms with Crippen molar-refractivity contribution in [3.05, 3.63) is 29.6 Å². The molecule has 1 aromatic rings. The number of hydrogen-bond acceptors (Lipinski definition) is 6. The molecule has 0 aromatic heterocycles. The van der Waals surface area contributed by atoms with Crippen molar-refractivity contribution in [2.45, 2.75) is 50.9 Å². The average molecular weight is 398 g/mol. The van der Waals surface area contributed by atoms with Crippen molar-refractivity contribution in [1.82, 2.24) is 5.32 Å². The maximum absolute atomic E-state index is 14.7. The number of nitrogens with one attached hydrogen (secondary N) is 2. The Labute approximate surface area is 161 Å². The lowest BCUT2D eigenvalue weighted by Gasteiger charge is -2.36. The van der Waals surface area contributed by atoms with E-state index in [-0.39, 0.29) is 17.9 Å². The van der Waals surface area contributed by atoms with Crippen LogP contribution in [0, 0.1) is 11.7 Å². The molecule has 0 unspecified atom stereocenters. The van der Waals surface area contributed by atoms with E-state index in [1.54, 1.807) is 26.8 Å². The number of aliphatic imine (C=N–C) groups is 1. The zero-order valence-electron chi connectivity index (χ0n) is 15.5. The molecule has 4 N–H and O–H groups in total. The van der Waals surface area contributed by atoms with Crippen molar-refractivity contribution in [2.24, 2.45) is 16.8 Å². The summed E-state index contributed by atoms with van der Waals surface area (Å²) in [6.07, 6.45) is -1.37. The molecule has 9 heteroatoms. The number of thioether (sulfide) groups is 1. The van der Waals surface area contributed by atoms with Crippen LogP contribution in [0.15, 0.2) is 23.2 Å². The minimum Gasteiger partial charge on any atom is -0.444 e. The van der Waals surface area contributed by atoms with E-state index in [2.05, 4.69) is 15.7 Å². The zero-order valence-corrected chi connectivity index (χ0v) is 16.3. The van der Waals surface area contributed by atoms with Crippen LogP contribution in [0.5, 0.6) is 0 Å². The molecule has 6 nitrogen and oxygen atoms in total. The number of amidine groups is 1. The minimum absolute atomic E-state index is 0.0582. The molecule has 3 rings (SSSR count). The van der Waals surface area contributed by atoms with Gasteiger partial charge >= 0.3 is 6.09 Å². The second kappa shape index (κ2) is 7.27. The van der Waals surface area contributed by atoms with Gasteiger partial charge in [-0.25, -0.2) is 13.6 Å². The van der Waals surface area contributed by atoms with E-state index >= 15 is 0 Å². The monoisotopic (exact) mass is 398 g/mol. The quantitative estimate of drug-likeness (QED) is 0.522.